The van der Waals surface area contributed by atoms with Crippen LogP contribution in [0.15, 0.2) is 121 Å². The zero-order valence-corrected chi connectivity index (χ0v) is 31.4. The quantitative estimate of drug-likeness (QED) is 0.169. The fourth-order valence-corrected chi connectivity index (χ4v) is 12.6. The molecule has 1 atom stereocenters. The highest BCUT2D eigenvalue weighted by molar-refractivity contribution is 6.07. The molecule has 0 nitrogen and oxygen atoms in total. The van der Waals surface area contributed by atoms with Gasteiger partial charge in [-0.05, 0) is 132 Å². The summed E-state index contributed by atoms with van der Waals surface area (Å²) in [4.78, 5) is 0. The van der Waals surface area contributed by atoms with Crippen LogP contribution in [0.2, 0.25) is 0 Å². The molecular weight excluding hydrogens is 649 g/mol. The predicted octanol–water partition coefficient (Wildman–Crippen LogP) is 14.2. The van der Waals surface area contributed by atoms with E-state index in [9.17, 15) is 0 Å². The molecule has 6 aliphatic rings. The molecule has 0 aliphatic heterocycles. The fourth-order valence-electron chi connectivity index (χ4n) is 12.6. The molecule has 6 aliphatic carbocycles. The van der Waals surface area contributed by atoms with Crippen molar-refractivity contribution < 1.29 is 0 Å². The van der Waals surface area contributed by atoms with E-state index < -0.39 is 0 Å². The van der Waals surface area contributed by atoms with E-state index in [2.05, 4.69) is 127 Å². The van der Waals surface area contributed by atoms with Crippen molar-refractivity contribution in [3.63, 3.8) is 0 Å². The van der Waals surface area contributed by atoms with Gasteiger partial charge in [-0.15, -0.1) is 0 Å². The van der Waals surface area contributed by atoms with Gasteiger partial charge in [0.2, 0.25) is 0 Å². The highest BCUT2D eigenvalue weighted by atomic mass is 14.5. The minimum absolute atomic E-state index is 0.156. The Kier molecular flexibility index (Phi) is 6.85. The number of hydrogen-bond donors (Lipinski definition) is 0. The Hall–Kier alpha value is -4.94. The van der Waals surface area contributed by atoms with Crippen LogP contribution in [0.1, 0.15) is 139 Å². The summed E-state index contributed by atoms with van der Waals surface area (Å²) in [5, 5.41) is 2.96. The Balaban J connectivity index is 0.976. The van der Waals surface area contributed by atoms with E-state index >= 15 is 0 Å². The predicted molar refractivity (Wildman–Crippen MR) is 226 cm³/mol. The molecule has 2 spiro atoms. The molecule has 264 valence electrons. The Morgan fingerprint density at radius 2 is 1.06 bits per heavy atom. The van der Waals surface area contributed by atoms with Gasteiger partial charge in [-0.1, -0.05) is 173 Å². The molecule has 2 saturated carbocycles. The molecule has 6 aromatic carbocycles. The molecule has 12 rings (SSSR count). The monoisotopic (exact) mass is 696 g/mol. The maximum Gasteiger partial charge on any atom is 0.0279 e. The average molecular weight is 697 g/mol. The van der Waals surface area contributed by atoms with Crippen molar-refractivity contribution in [1.82, 2.24) is 0 Å². The van der Waals surface area contributed by atoms with Gasteiger partial charge < -0.3 is 0 Å². The van der Waals surface area contributed by atoms with Crippen molar-refractivity contribution >= 4 is 22.4 Å². The van der Waals surface area contributed by atoms with Gasteiger partial charge in [-0.3, -0.25) is 0 Å². The number of benzene rings is 6. The van der Waals surface area contributed by atoms with E-state index in [1.54, 1.807) is 22.3 Å². The number of allylic oxidation sites excluding steroid dienone is 2. The molecular formula is C54H48. The molecule has 54 heavy (non-hydrogen) atoms. The lowest BCUT2D eigenvalue weighted by atomic mass is 9.71. The van der Waals surface area contributed by atoms with E-state index in [1.165, 1.54) is 149 Å². The van der Waals surface area contributed by atoms with Gasteiger partial charge in [0.05, 0.1) is 0 Å². The Labute approximate surface area is 320 Å². The summed E-state index contributed by atoms with van der Waals surface area (Å²) in [6.45, 7) is 0. The lowest BCUT2D eigenvalue weighted by Gasteiger charge is -2.32. The minimum atomic E-state index is 0.156. The van der Waals surface area contributed by atoms with Crippen LogP contribution in [0.3, 0.4) is 0 Å². The third-order valence-electron chi connectivity index (χ3n) is 15.1. The summed E-state index contributed by atoms with van der Waals surface area (Å²) in [5.41, 5.74) is 22.6. The highest BCUT2D eigenvalue weighted by Gasteiger charge is 2.44. The van der Waals surface area contributed by atoms with Gasteiger partial charge in [0.15, 0.2) is 0 Å². The third kappa shape index (κ3) is 4.26. The van der Waals surface area contributed by atoms with Crippen LogP contribution in [0, 0.1) is 0 Å². The summed E-state index contributed by atoms with van der Waals surface area (Å²) in [6, 6.07) is 43.6. The van der Waals surface area contributed by atoms with Crippen LogP contribution in [0.25, 0.3) is 44.7 Å². The SMILES string of the molecule is C1=CC(c2ccc3c(c2)C2(CCCCCC2)c2ccccc2-3)c2ccc3c4c(ccc1c24)C(c1ccc2c(c1)C1(CCCCCC1)c1ccccc1-2)=CC3. The van der Waals surface area contributed by atoms with Crippen molar-refractivity contribution in [2.24, 2.45) is 0 Å². The van der Waals surface area contributed by atoms with Gasteiger partial charge in [0, 0.05) is 16.7 Å². The molecule has 0 radical (unpaired) electrons. The second-order valence-electron chi connectivity index (χ2n) is 17.6. The summed E-state index contributed by atoms with van der Waals surface area (Å²) in [6.07, 6.45) is 24.3. The van der Waals surface area contributed by atoms with Crippen molar-refractivity contribution in [3.8, 4) is 22.3 Å². The molecule has 6 aromatic rings. The molecule has 1 unspecified atom stereocenters. The lowest BCUT2D eigenvalue weighted by Crippen LogP contribution is -2.24. The molecule has 0 aromatic heterocycles. The van der Waals surface area contributed by atoms with Gasteiger partial charge in [-0.25, -0.2) is 0 Å². The maximum absolute atomic E-state index is 2.65. The van der Waals surface area contributed by atoms with Crippen molar-refractivity contribution in [1.29, 1.82) is 0 Å². The first kappa shape index (κ1) is 31.4. The second kappa shape index (κ2) is 11.8. The largest absolute Gasteiger partial charge is 0.0720 e. The average Bonchev–Trinajstić information content (AvgIpc) is 3.40. The molecule has 0 N–H and O–H groups in total. The third-order valence-corrected chi connectivity index (χ3v) is 15.1. The first-order valence-corrected chi connectivity index (χ1v) is 21.2. The van der Waals surface area contributed by atoms with E-state index in [0.717, 1.165) is 6.42 Å². The van der Waals surface area contributed by atoms with Crippen LogP contribution in [-0.2, 0) is 17.3 Å². The topological polar surface area (TPSA) is 0 Å². The van der Waals surface area contributed by atoms with Crippen LogP contribution in [0.5, 0.6) is 0 Å². The van der Waals surface area contributed by atoms with E-state index in [1.807, 2.05) is 0 Å². The van der Waals surface area contributed by atoms with E-state index in [4.69, 9.17) is 0 Å². The van der Waals surface area contributed by atoms with E-state index in [-0.39, 0.29) is 16.7 Å². The molecule has 0 bridgehead atoms. The smallest absolute Gasteiger partial charge is 0.0279 e. The molecule has 0 amide bonds. The van der Waals surface area contributed by atoms with Crippen LogP contribution >= 0.6 is 0 Å². The molecule has 2 fully saturated rings. The Morgan fingerprint density at radius 1 is 0.463 bits per heavy atom. The second-order valence-corrected chi connectivity index (χ2v) is 17.6. The zero-order chi connectivity index (χ0) is 35.4. The Morgan fingerprint density at radius 3 is 1.74 bits per heavy atom. The summed E-state index contributed by atoms with van der Waals surface area (Å²) < 4.78 is 0. The maximum atomic E-state index is 2.65. The van der Waals surface area contributed by atoms with Crippen molar-refractivity contribution in [2.45, 2.75) is 100 Å². The van der Waals surface area contributed by atoms with Gasteiger partial charge >= 0.3 is 0 Å². The van der Waals surface area contributed by atoms with Crippen LogP contribution in [0.4, 0.5) is 0 Å². The standard InChI is InChI=1S/C54H48/c1-2-10-30-53(29-9-1)47-15-7-5-13-41(47)43-25-21-37(33-49(43)53)39-23-17-35-20-28-46-40(24-18-36-19-27-45(39)51(35)52(36)46)38-22-26-44-42-14-6-8-16-48(42)54(50(44)34-38)31-11-3-4-12-32-54/h5-8,13-17,19-28,33-34,39H,1-4,9-12,18,29-32H2. The summed E-state index contributed by atoms with van der Waals surface area (Å²) >= 11 is 0. The number of rotatable bonds is 2. The normalized spacial score (nSPS) is 20.9. The first-order chi connectivity index (χ1) is 26.7. The van der Waals surface area contributed by atoms with Crippen molar-refractivity contribution in [3.05, 3.63) is 177 Å². The number of hydrogen-bond acceptors (Lipinski definition) is 0. The minimum Gasteiger partial charge on any atom is -0.0720 e. The summed E-state index contributed by atoms with van der Waals surface area (Å²) in [7, 11) is 0. The molecule has 0 heterocycles. The van der Waals surface area contributed by atoms with Crippen LogP contribution < -0.4 is 0 Å². The lowest BCUT2D eigenvalue weighted by molar-refractivity contribution is 0.456. The fraction of sp³-hybridized carbons (Fsp3) is 0.296. The molecule has 0 saturated heterocycles. The molecule has 0 heteroatoms. The van der Waals surface area contributed by atoms with Gasteiger partial charge in [0.25, 0.3) is 0 Å². The van der Waals surface area contributed by atoms with E-state index in [0.29, 0.717) is 0 Å². The zero-order valence-electron chi connectivity index (χ0n) is 31.4. The Bertz CT molecular complexity index is 2590. The number of fused-ring (bicyclic) bond motifs is 10. The van der Waals surface area contributed by atoms with Gasteiger partial charge in [0.1, 0.15) is 0 Å². The summed E-state index contributed by atoms with van der Waals surface area (Å²) in [5.74, 6) is 0.251. The van der Waals surface area contributed by atoms with Gasteiger partial charge in [-0.2, -0.15) is 0 Å². The van der Waals surface area contributed by atoms with Crippen molar-refractivity contribution in [2.75, 3.05) is 0 Å². The highest BCUT2D eigenvalue weighted by Crippen LogP contribution is 2.58. The van der Waals surface area contributed by atoms with Crippen LogP contribution in [-0.4, -0.2) is 0 Å². The first-order valence-electron chi connectivity index (χ1n) is 21.2.